The van der Waals surface area contributed by atoms with E-state index in [-0.39, 0.29) is 18.0 Å². The van der Waals surface area contributed by atoms with Gasteiger partial charge < -0.3 is 10.6 Å². The zero-order chi connectivity index (χ0) is 20.7. The van der Waals surface area contributed by atoms with E-state index in [1.54, 1.807) is 54.6 Å². The summed E-state index contributed by atoms with van der Waals surface area (Å²) < 4.78 is 26.3. The third kappa shape index (κ3) is 6.06. The molecule has 2 N–H and O–H groups in total. The van der Waals surface area contributed by atoms with Crippen LogP contribution in [0.2, 0.25) is 0 Å². The Morgan fingerprint density at radius 2 is 1.79 bits per heavy atom. The first kappa shape index (κ1) is 21.9. The van der Waals surface area contributed by atoms with E-state index >= 15 is 0 Å². The normalized spacial score (nSPS) is 10.8. The number of hydrogen-bond donors (Lipinski definition) is 2. The van der Waals surface area contributed by atoms with Crippen LogP contribution in [0.4, 0.5) is 11.4 Å². The highest BCUT2D eigenvalue weighted by molar-refractivity contribution is 14.1. The van der Waals surface area contributed by atoms with Crippen molar-refractivity contribution in [1.82, 2.24) is 5.32 Å². The van der Waals surface area contributed by atoms with E-state index in [1.165, 1.54) is 0 Å². The number of nitrogens with zero attached hydrogens (tertiary/aromatic N) is 1. The van der Waals surface area contributed by atoms with Gasteiger partial charge in [-0.3, -0.25) is 13.9 Å². The summed E-state index contributed by atoms with van der Waals surface area (Å²) in [7, 11) is -3.68. The zero-order valence-electron chi connectivity index (χ0n) is 15.2. The molecule has 0 aliphatic heterocycles. The molecule has 2 amide bonds. The van der Waals surface area contributed by atoms with Crippen LogP contribution in [0.5, 0.6) is 0 Å². The van der Waals surface area contributed by atoms with Crippen molar-refractivity contribution in [2.45, 2.75) is 0 Å². The quantitative estimate of drug-likeness (QED) is 0.419. The Hall–Kier alpha value is -2.40. The summed E-state index contributed by atoms with van der Waals surface area (Å²) in [5.74, 6) is -0.929. The summed E-state index contributed by atoms with van der Waals surface area (Å²) in [4.78, 5) is 24.8. The fraction of sp³-hybridized carbons (Fsp3) is 0.158. The van der Waals surface area contributed by atoms with E-state index in [0.29, 0.717) is 11.4 Å². The van der Waals surface area contributed by atoms with Crippen LogP contribution in [-0.2, 0) is 14.8 Å². The first-order chi connectivity index (χ1) is 13.2. The van der Waals surface area contributed by atoms with Crippen molar-refractivity contribution in [2.75, 3.05) is 29.0 Å². The average Bonchev–Trinajstić information content (AvgIpc) is 2.64. The molecule has 0 aliphatic rings. The van der Waals surface area contributed by atoms with E-state index in [9.17, 15) is 18.0 Å². The Morgan fingerprint density at radius 1 is 1.14 bits per heavy atom. The lowest BCUT2D eigenvalue weighted by molar-refractivity contribution is -0.114. The fourth-order valence-corrected chi connectivity index (χ4v) is 3.59. The molecular weight excluding hydrogens is 493 g/mol. The molecule has 0 unspecified atom stereocenters. The summed E-state index contributed by atoms with van der Waals surface area (Å²) in [6, 6.07) is 13.3. The van der Waals surface area contributed by atoms with Crippen LogP contribution in [0.25, 0.3) is 0 Å². The number of anilines is 2. The number of carbonyl (C=O) groups excluding carboxylic acids is 2. The van der Waals surface area contributed by atoms with E-state index in [1.807, 2.05) is 0 Å². The smallest absolute Gasteiger partial charge is 0.253 e. The summed E-state index contributed by atoms with van der Waals surface area (Å²) >= 11 is 2.11. The van der Waals surface area contributed by atoms with E-state index in [4.69, 9.17) is 0 Å². The third-order valence-electron chi connectivity index (χ3n) is 3.65. The van der Waals surface area contributed by atoms with Gasteiger partial charge in [0.05, 0.1) is 23.2 Å². The molecule has 2 aromatic carbocycles. The van der Waals surface area contributed by atoms with Gasteiger partial charge in [0.1, 0.15) is 6.54 Å². The van der Waals surface area contributed by atoms with Crippen LogP contribution < -0.4 is 14.9 Å². The van der Waals surface area contributed by atoms with Crippen molar-refractivity contribution in [3.63, 3.8) is 0 Å². The van der Waals surface area contributed by atoms with Crippen LogP contribution in [0.1, 0.15) is 10.4 Å². The maximum atomic E-state index is 12.5. The van der Waals surface area contributed by atoms with Gasteiger partial charge in [-0.1, -0.05) is 18.2 Å². The number of benzene rings is 2. The highest BCUT2D eigenvalue weighted by atomic mass is 127. The lowest BCUT2D eigenvalue weighted by Gasteiger charge is -2.22. The Kier molecular flexibility index (Phi) is 7.58. The van der Waals surface area contributed by atoms with Gasteiger partial charge in [0.2, 0.25) is 15.9 Å². The SMILES string of the molecule is C=CCNC(=O)c1ccccc1NC(=O)CN(c1ccc(I)cc1)S(C)(=O)=O. The molecule has 148 valence electrons. The molecule has 2 aromatic rings. The topological polar surface area (TPSA) is 95.6 Å². The summed E-state index contributed by atoms with van der Waals surface area (Å²) in [5, 5.41) is 5.26. The highest BCUT2D eigenvalue weighted by Crippen LogP contribution is 2.20. The van der Waals surface area contributed by atoms with Gasteiger partial charge in [-0.2, -0.15) is 0 Å². The second-order valence-electron chi connectivity index (χ2n) is 5.84. The van der Waals surface area contributed by atoms with Gasteiger partial charge in [-0.05, 0) is 59.0 Å². The largest absolute Gasteiger partial charge is 0.349 e. The second kappa shape index (κ2) is 9.69. The number of halogens is 1. The Balaban J connectivity index is 2.21. The molecule has 2 rings (SSSR count). The van der Waals surface area contributed by atoms with Gasteiger partial charge in [0.15, 0.2) is 0 Å². The number of amides is 2. The molecule has 0 fully saturated rings. The molecule has 7 nitrogen and oxygen atoms in total. The Bertz CT molecular complexity index is 975. The number of sulfonamides is 1. The predicted octanol–water partition coefficient (Wildman–Crippen LogP) is 2.61. The first-order valence-corrected chi connectivity index (χ1v) is 11.2. The molecular formula is C19H20IN3O4S. The third-order valence-corrected chi connectivity index (χ3v) is 5.51. The molecule has 0 heterocycles. The predicted molar refractivity (Wildman–Crippen MR) is 119 cm³/mol. The van der Waals surface area contributed by atoms with Gasteiger partial charge in [-0.25, -0.2) is 8.42 Å². The number of nitrogens with one attached hydrogen (secondary N) is 2. The van der Waals surface area contributed by atoms with Crippen LogP contribution >= 0.6 is 22.6 Å². The molecule has 0 atom stereocenters. The summed E-state index contributed by atoms with van der Waals surface area (Å²) in [5.41, 5.74) is 0.957. The fourth-order valence-electron chi connectivity index (χ4n) is 2.38. The van der Waals surface area contributed by atoms with Crippen molar-refractivity contribution in [3.8, 4) is 0 Å². The van der Waals surface area contributed by atoms with E-state index < -0.39 is 22.5 Å². The Morgan fingerprint density at radius 3 is 2.39 bits per heavy atom. The molecule has 0 aromatic heterocycles. The molecule has 0 saturated carbocycles. The van der Waals surface area contributed by atoms with Crippen LogP contribution in [-0.4, -0.2) is 39.6 Å². The van der Waals surface area contributed by atoms with Gasteiger partial charge in [-0.15, -0.1) is 6.58 Å². The minimum absolute atomic E-state index is 0.276. The molecule has 0 spiro atoms. The van der Waals surface area contributed by atoms with Gasteiger partial charge in [0.25, 0.3) is 5.91 Å². The van der Waals surface area contributed by atoms with Crippen molar-refractivity contribution in [2.24, 2.45) is 0 Å². The van der Waals surface area contributed by atoms with E-state index in [0.717, 1.165) is 14.1 Å². The van der Waals surface area contributed by atoms with Crippen LogP contribution in [0.15, 0.2) is 61.2 Å². The Labute approximate surface area is 178 Å². The minimum atomic E-state index is -3.68. The average molecular weight is 513 g/mol. The van der Waals surface area contributed by atoms with Crippen molar-refractivity contribution < 1.29 is 18.0 Å². The second-order valence-corrected chi connectivity index (χ2v) is 8.99. The molecule has 28 heavy (non-hydrogen) atoms. The molecule has 0 bridgehead atoms. The van der Waals surface area contributed by atoms with Gasteiger partial charge in [0, 0.05) is 10.1 Å². The van der Waals surface area contributed by atoms with Crippen molar-refractivity contribution in [3.05, 3.63) is 70.3 Å². The van der Waals surface area contributed by atoms with Crippen LogP contribution in [0.3, 0.4) is 0 Å². The standard InChI is InChI=1S/C19H20IN3O4S/c1-3-12-21-19(25)16-6-4-5-7-17(16)22-18(24)13-23(28(2,26)27)15-10-8-14(20)9-11-15/h3-11H,1,12-13H2,2H3,(H,21,25)(H,22,24). The number of para-hydroxylation sites is 1. The number of rotatable bonds is 8. The first-order valence-electron chi connectivity index (χ1n) is 8.23. The van der Waals surface area contributed by atoms with Crippen LogP contribution in [0, 0.1) is 3.57 Å². The zero-order valence-corrected chi connectivity index (χ0v) is 18.2. The lowest BCUT2D eigenvalue weighted by atomic mass is 10.1. The summed E-state index contributed by atoms with van der Waals surface area (Å²) in [6.45, 7) is 3.41. The maximum Gasteiger partial charge on any atom is 0.253 e. The number of carbonyl (C=O) groups is 2. The minimum Gasteiger partial charge on any atom is -0.349 e. The van der Waals surface area contributed by atoms with Crippen molar-refractivity contribution in [1.29, 1.82) is 0 Å². The van der Waals surface area contributed by atoms with E-state index in [2.05, 4.69) is 39.8 Å². The monoisotopic (exact) mass is 513 g/mol. The van der Waals surface area contributed by atoms with Gasteiger partial charge >= 0.3 is 0 Å². The number of hydrogen-bond acceptors (Lipinski definition) is 4. The molecule has 0 radical (unpaired) electrons. The molecule has 9 heteroatoms. The van der Waals surface area contributed by atoms with Crippen molar-refractivity contribution >= 4 is 55.8 Å². The maximum absolute atomic E-state index is 12.5. The molecule has 0 saturated heterocycles. The highest BCUT2D eigenvalue weighted by Gasteiger charge is 2.22. The summed E-state index contributed by atoms with van der Waals surface area (Å²) in [6.07, 6.45) is 2.58. The molecule has 0 aliphatic carbocycles. The lowest BCUT2D eigenvalue weighted by Crippen LogP contribution is -2.37.